The Bertz CT molecular complexity index is 1130. The van der Waals surface area contributed by atoms with Gasteiger partial charge in [0, 0.05) is 17.8 Å². The first-order chi connectivity index (χ1) is 15.1. The zero-order valence-electron chi connectivity index (χ0n) is 17.6. The third-order valence-electron chi connectivity index (χ3n) is 5.33. The van der Waals surface area contributed by atoms with Gasteiger partial charge in [-0.15, -0.1) is 0 Å². The second-order valence-electron chi connectivity index (χ2n) is 7.44. The summed E-state index contributed by atoms with van der Waals surface area (Å²) in [6.45, 7) is 2.30. The summed E-state index contributed by atoms with van der Waals surface area (Å²) in [6, 6.07) is 24.8. The van der Waals surface area contributed by atoms with Crippen LogP contribution in [0.25, 0.3) is 5.57 Å². The molecule has 0 bridgehead atoms. The molecular weight excluding hydrogens is 388 g/mol. The number of anilines is 1. The number of ether oxygens (including phenoxy) is 1. The fourth-order valence-corrected chi connectivity index (χ4v) is 3.66. The lowest BCUT2D eigenvalue weighted by atomic mass is 10.0. The molecule has 156 valence electrons. The molecule has 1 aliphatic heterocycles. The van der Waals surface area contributed by atoms with E-state index in [1.165, 1.54) is 4.90 Å². The number of nitrogens with zero attached hydrogens (tertiary/aromatic N) is 1. The van der Waals surface area contributed by atoms with Gasteiger partial charge in [0.25, 0.3) is 11.8 Å². The number of aryl methyl sites for hydroxylation is 1. The van der Waals surface area contributed by atoms with Crippen LogP contribution in [0.1, 0.15) is 16.7 Å². The summed E-state index contributed by atoms with van der Waals surface area (Å²) in [5.41, 5.74) is 4.13. The Hall–Kier alpha value is -3.86. The lowest BCUT2D eigenvalue weighted by molar-refractivity contribution is -0.136. The van der Waals surface area contributed by atoms with E-state index in [1.54, 1.807) is 19.2 Å². The summed E-state index contributed by atoms with van der Waals surface area (Å²) >= 11 is 0. The highest BCUT2D eigenvalue weighted by Gasteiger charge is 2.39. The van der Waals surface area contributed by atoms with Crippen LogP contribution in [0, 0.1) is 6.92 Å². The van der Waals surface area contributed by atoms with Crippen molar-refractivity contribution in [1.29, 1.82) is 0 Å². The zero-order valence-corrected chi connectivity index (χ0v) is 17.6. The molecule has 5 nitrogen and oxygen atoms in total. The van der Waals surface area contributed by atoms with Gasteiger partial charge in [-0.2, -0.15) is 0 Å². The minimum atomic E-state index is -0.331. The number of nitrogens with one attached hydrogen (secondary N) is 1. The molecule has 0 saturated carbocycles. The smallest absolute Gasteiger partial charge is 0.278 e. The summed E-state index contributed by atoms with van der Waals surface area (Å²) < 4.78 is 5.48. The fourth-order valence-electron chi connectivity index (χ4n) is 3.66. The number of imide groups is 1. The van der Waals surface area contributed by atoms with Crippen molar-refractivity contribution in [2.45, 2.75) is 13.3 Å². The quantitative estimate of drug-likeness (QED) is 0.583. The Morgan fingerprint density at radius 1 is 0.839 bits per heavy atom. The third kappa shape index (κ3) is 4.21. The fraction of sp³-hybridized carbons (Fsp3) is 0.154. The van der Waals surface area contributed by atoms with Crippen LogP contribution in [-0.2, 0) is 16.0 Å². The first-order valence-electron chi connectivity index (χ1n) is 10.2. The minimum Gasteiger partial charge on any atom is -0.496 e. The van der Waals surface area contributed by atoms with Crippen molar-refractivity contribution in [3.05, 3.63) is 101 Å². The monoisotopic (exact) mass is 412 g/mol. The lowest BCUT2D eigenvalue weighted by Gasteiger charge is -2.15. The number of carbonyl (C=O) groups excluding carboxylic acids is 2. The molecule has 0 radical (unpaired) electrons. The molecule has 0 spiro atoms. The molecule has 4 rings (SSSR count). The van der Waals surface area contributed by atoms with Crippen LogP contribution < -0.4 is 10.1 Å². The highest BCUT2D eigenvalue weighted by atomic mass is 16.5. The van der Waals surface area contributed by atoms with Crippen LogP contribution >= 0.6 is 0 Å². The van der Waals surface area contributed by atoms with Gasteiger partial charge in [0.2, 0.25) is 0 Å². The largest absolute Gasteiger partial charge is 0.496 e. The van der Waals surface area contributed by atoms with Gasteiger partial charge in [0.15, 0.2) is 0 Å². The van der Waals surface area contributed by atoms with Gasteiger partial charge in [-0.25, -0.2) is 0 Å². The molecule has 1 aliphatic rings. The number of amides is 2. The van der Waals surface area contributed by atoms with Crippen molar-refractivity contribution < 1.29 is 14.3 Å². The molecule has 5 heteroatoms. The van der Waals surface area contributed by atoms with Crippen LogP contribution in [0.3, 0.4) is 0 Å². The van der Waals surface area contributed by atoms with Gasteiger partial charge < -0.3 is 10.1 Å². The Kier molecular flexibility index (Phi) is 5.85. The molecule has 0 aliphatic carbocycles. The molecule has 3 aromatic carbocycles. The predicted molar refractivity (Wildman–Crippen MR) is 122 cm³/mol. The topological polar surface area (TPSA) is 58.6 Å². The van der Waals surface area contributed by atoms with E-state index in [9.17, 15) is 9.59 Å². The zero-order chi connectivity index (χ0) is 21.8. The van der Waals surface area contributed by atoms with Crippen LogP contribution in [0.2, 0.25) is 0 Å². The summed E-state index contributed by atoms with van der Waals surface area (Å²) in [4.78, 5) is 28.1. The molecule has 0 fully saturated rings. The number of hydrogen-bond acceptors (Lipinski definition) is 4. The van der Waals surface area contributed by atoms with Gasteiger partial charge >= 0.3 is 0 Å². The van der Waals surface area contributed by atoms with Crippen LogP contribution in [-0.4, -0.2) is 30.4 Å². The first-order valence-corrected chi connectivity index (χ1v) is 10.2. The molecule has 0 atom stereocenters. The van der Waals surface area contributed by atoms with Crippen molar-refractivity contribution >= 4 is 23.1 Å². The Morgan fingerprint density at radius 3 is 2.23 bits per heavy atom. The third-order valence-corrected chi connectivity index (χ3v) is 5.33. The molecule has 2 amide bonds. The van der Waals surface area contributed by atoms with E-state index < -0.39 is 0 Å². The Labute approximate surface area is 182 Å². The van der Waals surface area contributed by atoms with Crippen LogP contribution in [0.15, 0.2) is 84.6 Å². The number of methoxy groups -OCH3 is 1. The first kappa shape index (κ1) is 20.4. The number of hydrogen-bond donors (Lipinski definition) is 1. The van der Waals surface area contributed by atoms with E-state index in [1.807, 2.05) is 73.7 Å². The highest BCUT2D eigenvalue weighted by molar-refractivity contribution is 6.37. The van der Waals surface area contributed by atoms with E-state index in [-0.39, 0.29) is 17.5 Å². The standard InChI is InChI=1S/C26H24N2O3/c1-18-12-14-20(15-13-18)27-24-23(21-10-6-7-11-22(21)31-2)25(29)28(26(24)30)17-16-19-8-4-3-5-9-19/h3-15,27H,16-17H2,1-2H3. The Balaban J connectivity index is 1.71. The molecule has 31 heavy (non-hydrogen) atoms. The molecule has 0 saturated heterocycles. The van der Waals surface area contributed by atoms with Gasteiger partial charge in [0.05, 0.1) is 12.7 Å². The maximum Gasteiger partial charge on any atom is 0.278 e. The van der Waals surface area contributed by atoms with Crippen molar-refractivity contribution in [3.8, 4) is 5.75 Å². The number of benzene rings is 3. The second-order valence-corrected chi connectivity index (χ2v) is 7.44. The maximum absolute atomic E-state index is 13.4. The van der Waals surface area contributed by atoms with Crippen molar-refractivity contribution in [2.75, 3.05) is 19.0 Å². The van der Waals surface area contributed by atoms with Gasteiger partial charge in [-0.05, 0) is 37.1 Å². The summed E-state index contributed by atoms with van der Waals surface area (Å²) in [6.07, 6.45) is 0.593. The van der Waals surface area contributed by atoms with Gasteiger partial charge in [0.1, 0.15) is 11.4 Å². The molecular formula is C26H24N2O3. The van der Waals surface area contributed by atoms with Gasteiger partial charge in [-0.3, -0.25) is 14.5 Å². The maximum atomic E-state index is 13.4. The van der Waals surface area contributed by atoms with Crippen molar-refractivity contribution in [1.82, 2.24) is 4.90 Å². The summed E-state index contributed by atoms with van der Waals surface area (Å²) in [5.74, 6) is -0.103. The molecule has 1 N–H and O–H groups in total. The summed E-state index contributed by atoms with van der Waals surface area (Å²) in [5, 5.41) is 3.19. The van der Waals surface area contributed by atoms with E-state index in [0.29, 0.717) is 29.9 Å². The molecule has 1 heterocycles. The van der Waals surface area contributed by atoms with E-state index in [2.05, 4.69) is 5.32 Å². The predicted octanol–water partition coefficient (Wildman–Crippen LogP) is 4.44. The number of para-hydroxylation sites is 1. The lowest BCUT2D eigenvalue weighted by Crippen LogP contribution is -2.34. The highest BCUT2D eigenvalue weighted by Crippen LogP contribution is 2.35. The van der Waals surface area contributed by atoms with Crippen molar-refractivity contribution in [2.24, 2.45) is 0 Å². The number of carbonyl (C=O) groups is 2. The van der Waals surface area contributed by atoms with E-state index >= 15 is 0 Å². The SMILES string of the molecule is COc1ccccc1C1=C(Nc2ccc(C)cc2)C(=O)N(CCc2ccccc2)C1=O. The normalized spacial score (nSPS) is 13.7. The number of rotatable bonds is 7. The van der Waals surface area contributed by atoms with E-state index in [0.717, 1.165) is 16.8 Å². The average molecular weight is 412 g/mol. The van der Waals surface area contributed by atoms with Gasteiger partial charge in [-0.1, -0.05) is 66.2 Å². The van der Waals surface area contributed by atoms with Crippen molar-refractivity contribution in [3.63, 3.8) is 0 Å². The average Bonchev–Trinajstić information content (AvgIpc) is 3.03. The molecule has 0 unspecified atom stereocenters. The molecule has 3 aromatic rings. The Morgan fingerprint density at radius 2 is 1.52 bits per heavy atom. The van der Waals surface area contributed by atoms with Crippen LogP contribution in [0.5, 0.6) is 5.75 Å². The van der Waals surface area contributed by atoms with E-state index in [4.69, 9.17) is 4.74 Å². The minimum absolute atomic E-state index is 0.270. The molecule has 0 aromatic heterocycles. The van der Waals surface area contributed by atoms with Crippen LogP contribution in [0.4, 0.5) is 5.69 Å². The summed E-state index contributed by atoms with van der Waals surface area (Å²) in [7, 11) is 1.56. The second kappa shape index (κ2) is 8.88.